The van der Waals surface area contributed by atoms with E-state index in [-0.39, 0.29) is 0 Å². The standard InChI is InChI=1S/C19H27N5/c1-14(2)20-18-13-19(22-16(4)21-18)24-10-8-23(9-11-24)17-7-5-6-15(3)12-17/h5-7,12-14H,8-11H2,1-4H3,(H,20,21,22). The lowest BCUT2D eigenvalue weighted by Gasteiger charge is -2.37. The molecule has 1 aliphatic heterocycles. The van der Waals surface area contributed by atoms with Gasteiger partial charge in [0.2, 0.25) is 0 Å². The van der Waals surface area contributed by atoms with Crippen LogP contribution in [0.15, 0.2) is 30.3 Å². The van der Waals surface area contributed by atoms with Crippen LogP contribution in [-0.2, 0) is 0 Å². The number of hydrogen-bond acceptors (Lipinski definition) is 5. The summed E-state index contributed by atoms with van der Waals surface area (Å²) >= 11 is 0. The molecule has 0 aliphatic carbocycles. The fourth-order valence-electron chi connectivity index (χ4n) is 3.10. The Balaban J connectivity index is 1.69. The van der Waals surface area contributed by atoms with Crippen molar-refractivity contribution in [1.29, 1.82) is 0 Å². The first kappa shape index (κ1) is 16.6. The van der Waals surface area contributed by atoms with E-state index < -0.39 is 0 Å². The number of anilines is 3. The van der Waals surface area contributed by atoms with E-state index >= 15 is 0 Å². The first-order valence-corrected chi connectivity index (χ1v) is 8.70. The molecular formula is C19H27N5. The molecule has 0 radical (unpaired) electrons. The number of nitrogens with zero attached hydrogens (tertiary/aromatic N) is 4. The Morgan fingerprint density at radius 1 is 0.958 bits per heavy atom. The molecule has 1 N–H and O–H groups in total. The van der Waals surface area contributed by atoms with Gasteiger partial charge in [0.15, 0.2) is 0 Å². The summed E-state index contributed by atoms with van der Waals surface area (Å²) < 4.78 is 0. The molecule has 3 rings (SSSR count). The molecule has 0 amide bonds. The molecule has 1 aliphatic rings. The second-order valence-corrected chi connectivity index (χ2v) is 6.77. The van der Waals surface area contributed by atoms with Gasteiger partial charge in [0.1, 0.15) is 17.5 Å². The zero-order valence-electron chi connectivity index (χ0n) is 15.1. The number of nitrogens with one attached hydrogen (secondary N) is 1. The highest BCUT2D eigenvalue weighted by Crippen LogP contribution is 2.22. The minimum atomic E-state index is 0.366. The van der Waals surface area contributed by atoms with E-state index in [9.17, 15) is 0 Å². The number of piperazine rings is 1. The van der Waals surface area contributed by atoms with Crippen LogP contribution in [0, 0.1) is 13.8 Å². The van der Waals surface area contributed by atoms with Crippen LogP contribution in [-0.4, -0.2) is 42.2 Å². The zero-order chi connectivity index (χ0) is 17.1. The topological polar surface area (TPSA) is 44.3 Å². The average Bonchev–Trinajstić information content (AvgIpc) is 2.54. The highest BCUT2D eigenvalue weighted by Gasteiger charge is 2.19. The largest absolute Gasteiger partial charge is 0.368 e. The van der Waals surface area contributed by atoms with E-state index in [1.165, 1.54) is 11.3 Å². The fraction of sp³-hybridized carbons (Fsp3) is 0.474. The van der Waals surface area contributed by atoms with Crippen LogP contribution in [0.3, 0.4) is 0 Å². The molecule has 0 saturated carbocycles. The first-order valence-electron chi connectivity index (χ1n) is 8.70. The minimum absolute atomic E-state index is 0.366. The Labute approximate surface area is 144 Å². The average molecular weight is 325 g/mol. The van der Waals surface area contributed by atoms with Gasteiger partial charge >= 0.3 is 0 Å². The van der Waals surface area contributed by atoms with Crippen LogP contribution >= 0.6 is 0 Å². The fourth-order valence-corrected chi connectivity index (χ4v) is 3.10. The summed E-state index contributed by atoms with van der Waals surface area (Å²) in [7, 11) is 0. The summed E-state index contributed by atoms with van der Waals surface area (Å²) in [4.78, 5) is 13.9. The molecule has 0 atom stereocenters. The number of aromatic nitrogens is 2. The van der Waals surface area contributed by atoms with Crippen molar-refractivity contribution < 1.29 is 0 Å². The van der Waals surface area contributed by atoms with Crippen LogP contribution in [0.4, 0.5) is 17.3 Å². The van der Waals surface area contributed by atoms with Gasteiger partial charge in [-0.2, -0.15) is 0 Å². The van der Waals surface area contributed by atoms with Crippen LogP contribution in [0.25, 0.3) is 0 Å². The van der Waals surface area contributed by atoms with Crippen LogP contribution in [0.5, 0.6) is 0 Å². The van der Waals surface area contributed by atoms with Crippen molar-refractivity contribution in [2.75, 3.05) is 41.3 Å². The molecule has 2 heterocycles. The Bertz CT molecular complexity index is 690. The zero-order valence-corrected chi connectivity index (χ0v) is 15.1. The van der Waals surface area contributed by atoms with Crippen molar-refractivity contribution in [1.82, 2.24) is 9.97 Å². The lowest BCUT2D eigenvalue weighted by Crippen LogP contribution is -2.47. The highest BCUT2D eigenvalue weighted by atomic mass is 15.3. The molecule has 5 heteroatoms. The Morgan fingerprint density at radius 3 is 2.33 bits per heavy atom. The Kier molecular flexibility index (Phi) is 4.88. The summed E-state index contributed by atoms with van der Waals surface area (Å²) in [6, 6.07) is 11.2. The van der Waals surface area contributed by atoms with E-state index in [1.807, 2.05) is 6.92 Å². The monoisotopic (exact) mass is 325 g/mol. The second kappa shape index (κ2) is 7.07. The predicted molar refractivity (Wildman–Crippen MR) is 101 cm³/mol. The molecule has 2 aromatic rings. The van der Waals surface area contributed by atoms with Gasteiger partial charge in [0, 0.05) is 44.0 Å². The van der Waals surface area contributed by atoms with Gasteiger partial charge < -0.3 is 15.1 Å². The van der Waals surface area contributed by atoms with E-state index in [4.69, 9.17) is 0 Å². The van der Waals surface area contributed by atoms with E-state index in [1.54, 1.807) is 0 Å². The maximum atomic E-state index is 4.63. The first-order chi connectivity index (χ1) is 11.5. The van der Waals surface area contributed by atoms with Crippen LogP contribution in [0.1, 0.15) is 25.2 Å². The van der Waals surface area contributed by atoms with E-state index in [0.717, 1.165) is 43.6 Å². The summed E-state index contributed by atoms with van der Waals surface area (Å²) in [5, 5.41) is 3.38. The summed E-state index contributed by atoms with van der Waals surface area (Å²) in [5.41, 5.74) is 2.63. The molecule has 1 saturated heterocycles. The van der Waals surface area contributed by atoms with E-state index in [0.29, 0.717) is 6.04 Å². The Hall–Kier alpha value is -2.30. The number of benzene rings is 1. The minimum Gasteiger partial charge on any atom is -0.368 e. The molecule has 1 fully saturated rings. The maximum absolute atomic E-state index is 4.63. The van der Waals surface area contributed by atoms with Gasteiger partial charge in [-0.15, -0.1) is 0 Å². The van der Waals surface area contributed by atoms with E-state index in [2.05, 4.69) is 76.2 Å². The number of aryl methyl sites for hydroxylation is 2. The quantitative estimate of drug-likeness (QED) is 0.935. The molecule has 0 unspecified atom stereocenters. The molecule has 128 valence electrons. The van der Waals surface area contributed by atoms with Crippen molar-refractivity contribution in [3.05, 3.63) is 41.7 Å². The van der Waals surface area contributed by atoms with Gasteiger partial charge in [0.05, 0.1) is 0 Å². The van der Waals surface area contributed by atoms with Gasteiger partial charge in [0.25, 0.3) is 0 Å². The molecule has 1 aromatic heterocycles. The van der Waals surface area contributed by atoms with Crippen molar-refractivity contribution in [2.45, 2.75) is 33.7 Å². The van der Waals surface area contributed by atoms with Crippen LogP contribution < -0.4 is 15.1 Å². The van der Waals surface area contributed by atoms with Crippen molar-refractivity contribution >= 4 is 17.3 Å². The third-order valence-corrected chi connectivity index (χ3v) is 4.23. The van der Waals surface area contributed by atoms with Gasteiger partial charge in [-0.25, -0.2) is 9.97 Å². The molecule has 5 nitrogen and oxygen atoms in total. The van der Waals surface area contributed by atoms with Gasteiger partial charge in [-0.05, 0) is 45.4 Å². The lowest BCUT2D eigenvalue weighted by atomic mass is 10.2. The third-order valence-electron chi connectivity index (χ3n) is 4.23. The summed E-state index contributed by atoms with van der Waals surface area (Å²) in [6.07, 6.45) is 0. The molecular weight excluding hydrogens is 298 g/mol. The molecule has 0 bridgehead atoms. The van der Waals surface area contributed by atoms with Gasteiger partial charge in [-0.3, -0.25) is 0 Å². The summed E-state index contributed by atoms with van der Waals surface area (Å²) in [6.45, 7) is 12.3. The molecule has 24 heavy (non-hydrogen) atoms. The van der Waals surface area contributed by atoms with Gasteiger partial charge in [-0.1, -0.05) is 12.1 Å². The maximum Gasteiger partial charge on any atom is 0.134 e. The molecule has 0 spiro atoms. The normalized spacial score (nSPS) is 15.0. The van der Waals surface area contributed by atoms with Crippen molar-refractivity contribution in [3.63, 3.8) is 0 Å². The highest BCUT2D eigenvalue weighted by molar-refractivity contribution is 5.53. The SMILES string of the molecule is Cc1cccc(N2CCN(c3cc(NC(C)C)nc(C)n3)CC2)c1. The van der Waals surface area contributed by atoms with Crippen molar-refractivity contribution in [2.24, 2.45) is 0 Å². The van der Waals surface area contributed by atoms with Crippen molar-refractivity contribution in [3.8, 4) is 0 Å². The predicted octanol–water partition coefficient (Wildman–Crippen LogP) is 3.24. The number of rotatable bonds is 4. The summed E-state index contributed by atoms with van der Waals surface area (Å²) in [5.74, 6) is 2.75. The Morgan fingerprint density at radius 2 is 1.67 bits per heavy atom. The van der Waals surface area contributed by atoms with Crippen LogP contribution in [0.2, 0.25) is 0 Å². The lowest BCUT2D eigenvalue weighted by molar-refractivity contribution is 0.645. The smallest absolute Gasteiger partial charge is 0.134 e. The second-order valence-electron chi connectivity index (χ2n) is 6.77. The third kappa shape index (κ3) is 3.96. The number of hydrogen-bond donors (Lipinski definition) is 1. The molecule has 1 aromatic carbocycles.